The van der Waals surface area contributed by atoms with Crippen molar-refractivity contribution < 1.29 is 14.3 Å². The molecule has 0 saturated carbocycles. The zero-order valence-electron chi connectivity index (χ0n) is 16.9. The van der Waals surface area contributed by atoms with Gasteiger partial charge in [0, 0.05) is 30.1 Å². The van der Waals surface area contributed by atoms with Gasteiger partial charge in [-0.3, -0.25) is 9.59 Å². The van der Waals surface area contributed by atoms with Crippen molar-refractivity contribution in [1.29, 1.82) is 0 Å². The lowest BCUT2D eigenvalue weighted by Crippen LogP contribution is -2.38. The van der Waals surface area contributed by atoms with Crippen LogP contribution in [0.15, 0.2) is 54.7 Å². The van der Waals surface area contributed by atoms with Crippen molar-refractivity contribution in [3.63, 3.8) is 0 Å². The number of fused-ring (bicyclic) bond motifs is 1. The van der Waals surface area contributed by atoms with Gasteiger partial charge in [-0.2, -0.15) is 0 Å². The molecule has 1 aromatic heterocycles. The predicted octanol–water partition coefficient (Wildman–Crippen LogP) is 3.99. The van der Waals surface area contributed by atoms with Crippen LogP contribution < -0.4 is 10.1 Å². The lowest BCUT2D eigenvalue weighted by atomic mass is 10.1. The summed E-state index contributed by atoms with van der Waals surface area (Å²) in [5, 5.41) is 3.97. The Bertz CT molecular complexity index is 980. The van der Waals surface area contributed by atoms with Gasteiger partial charge in [0.05, 0.1) is 19.3 Å². The van der Waals surface area contributed by atoms with Crippen molar-refractivity contribution in [3.8, 4) is 5.75 Å². The number of amides is 2. The number of carbonyl (C=O) groups is 2. The molecule has 1 heterocycles. The van der Waals surface area contributed by atoms with E-state index in [9.17, 15) is 9.59 Å². The third kappa shape index (κ3) is 5.16. The number of nitrogens with one attached hydrogen (secondary N) is 2. The summed E-state index contributed by atoms with van der Waals surface area (Å²) in [6.07, 6.45) is 3.75. The molecule has 0 bridgehead atoms. The summed E-state index contributed by atoms with van der Waals surface area (Å²) >= 11 is 0. The van der Waals surface area contributed by atoms with Gasteiger partial charge in [-0.1, -0.05) is 37.3 Å². The average Bonchev–Trinajstić information content (AvgIpc) is 3.15. The molecule has 3 rings (SSSR count). The number of aromatic amines is 1. The molecular formula is C23H27N3O3. The van der Waals surface area contributed by atoms with Gasteiger partial charge in [-0.15, -0.1) is 0 Å². The maximum Gasteiger partial charge on any atom is 0.244 e. The average molecular weight is 393 g/mol. The van der Waals surface area contributed by atoms with Crippen molar-refractivity contribution >= 4 is 28.4 Å². The fourth-order valence-corrected chi connectivity index (χ4v) is 3.41. The molecule has 0 fully saturated rings. The summed E-state index contributed by atoms with van der Waals surface area (Å²) in [7, 11) is 1.56. The summed E-state index contributed by atoms with van der Waals surface area (Å²) in [5.74, 6) is 0.337. The van der Waals surface area contributed by atoms with Crippen LogP contribution in [0.2, 0.25) is 0 Å². The molecule has 152 valence electrons. The highest BCUT2D eigenvalue weighted by molar-refractivity contribution is 5.95. The smallest absolute Gasteiger partial charge is 0.244 e. The zero-order valence-corrected chi connectivity index (χ0v) is 16.9. The fraction of sp³-hybridized carbons (Fsp3) is 0.304. The number of aromatic nitrogens is 1. The monoisotopic (exact) mass is 393 g/mol. The molecule has 2 N–H and O–H groups in total. The summed E-state index contributed by atoms with van der Waals surface area (Å²) < 4.78 is 5.26. The van der Waals surface area contributed by atoms with Crippen LogP contribution in [0.25, 0.3) is 10.9 Å². The standard InChI is InChI=1S/C23H27N3O3/c1-3-14-26(16-22(27)25-20-10-6-7-11-21(20)29-2)23(28)13-12-17-15-24-19-9-5-4-8-18(17)19/h4-11,15,24H,3,12-14,16H2,1-2H3,(H,25,27). The van der Waals surface area contributed by atoms with Gasteiger partial charge >= 0.3 is 0 Å². The molecule has 0 radical (unpaired) electrons. The van der Waals surface area contributed by atoms with E-state index in [1.54, 1.807) is 24.1 Å². The van der Waals surface area contributed by atoms with E-state index in [1.165, 1.54) is 0 Å². The van der Waals surface area contributed by atoms with Crippen LogP contribution in [0.3, 0.4) is 0 Å². The fourth-order valence-electron chi connectivity index (χ4n) is 3.41. The second-order valence-electron chi connectivity index (χ2n) is 6.92. The molecule has 0 saturated heterocycles. The van der Waals surface area contributed by atoms with Gasteiger partial charge in [0.2, 0.25) is 11.8 Å². The van der Waals surface area contributed by atoms with Crippen LogP contribution >= 0.6 is 0 Å². The summed E-state index contributed by atoms with van der Waals surface area (Å²) in [4.78, 5) is 30.2. The van der Waals surface area contributed by atoms with Gasteiger partial charge in [-0.05, 0) is 36.6 Å². The maximum absolute atomic E-state index is 12.8. The maximum atomic E-state index is 12.8. The number of H-pyrrole nitrogens is 1. The molecule has 2 aromatic carbocycles. The van der Waals surface area contributed by atoms with Gasteiger partial charge in [0.15, 0.2) is 0 Å². The Morgan fingerprint density at radius 2 is 1.86 bits per heavy atom. The molecule has 0 aliphatic heterocycles. The Labute approximate surface area is 170 Å². The predicted molar refractivity (Wildman–Crippen MR) is 115 cm³/mol. The molecule has 0 aliphatic rings. The SMILES string of the molecule is CCCN(CC(=O)Nc1ccccc1OC)C(=O)CCc1c[nH]c2ccccc12. The second kappa shape index (κ2) is 9.78. The Morgan fingerprint density at radius 3 is 2.66 bits per heavy atom. The van der Waals surface area contributed by atoms with Crippen molar-refractivity contribution in [1.82, 2.24) is 9.88 Å². The number of anilines is 1. The highest BCUT2D eigenvalue weighted by Gasteiger charge is 2.18. The molecule has 0 unspecified atom stereocenters. The van der Waals surface area contributed by atoms with Gasteiger partial charge < -0.3 is 19.9 Å². The number of carbonyl (C=O) groups excluding carboxylic acids is 2. The van der Waals surface area contributed by atoms with Gasteiger partial charge in [0.25, 0.3) is 0 Å². The minimum Gasteiger partial charge on any atom is -0.495 e. The molecule has 0 atom stereocenters. The van der Waals surface area contributed by atoms with E-state index in [-0.39, 0.29) is 18.4 Å². The number of rotatable bonds is 9. The number of nitrogens with zero attached hydrogens (tertiary/aromatic N) is 1. The molecular weight excluding hydrogens is 366 g/mol. The zero-order chi connectivity index (χ0) is 20.6. The lowest BCUT2D eigenvalue weighted by molar-refractivity contribution is -0.134. The van der Waals surface area contributed by atoms with Crippen LogP contribution in [-0.4, -0.2) is 41.9 Å². The molecule has 29 heavy (non-hydrogen) atoms. The van der Waals surface area contributed by atoms with E-state index in [2.05, 4.69) is 16.4 Å². The number of para-hydroxylation sites is 3. The first-order valence-electron chi connectivity index (χ1n) is 9.88. The van der Waals surface area contributed by atoms with E-state index in [4.69, 9.17) is 4.74 Å². The number of ether oxygens (including phenoxy) is 1. The topological polar surface area (TPSA) is 74.4 Å². The summed E-state index contributed by atoms with van der Waals surface area (Å²) in [5.41, 5.74) is 2.78. The van der Waals surface area contributed by atoms with Crippen LogP contribution in [0, 0.1) is 0 Å². The Hall–Kier alpha value is -3.28. The largest absolute Gasteiger partial charge is 0.495 e. The van der Waals surface area contributed by atoms with Crippen LogP contribution in [0.1, 0.15) is 25.3 Å². The van der Waals surface area contributed by atoms with Crippen molar-refractivity contribution in [2.45, 2.75) is 26.2 Å². The second-order valence-corrected chi connectivity index (χ2v) is 6.92. The number of hydrogen-bond acceptors (Lipinski definition) is 3. The highest BCUT2D eigenvalue weighted by atomic mass is 16.5. The van der Waals surface area contributed by atoms with E-state index in [1.807, 2.05) is 43.5 Å². The molecule has 0 aliphatic carbocycles. The summed E-state index contributed by atoms with van der Waals surface area (Å²) in [6, 6.07) is 15.3. The Balaban J connectivity index is 1.60. The molecule has 2 amide bonds. The third-order valence-electron chi connectivity index (χ3n) is 4.84. The number of hydrogen-bond donors (Lipinski definition) is 2. The van der Waals surface area contributed by atoms with E-state index >= 15 is 0 Å². The normalized spacial score (nSPS) is 10.7. The highest BCUT2D eigenvalue weighted by Crippen LogP contribution is 2.23. The Kier molecular flexibility index (Phi) is 6.89. The van der Waals surface area contributed by atoms with E-state index in [0.29, 0.717) is 30.8 Å². The first-order valence-corrected chi connectivity index (χ1v) is 9.88. The minimum absolute atomic E-state index is 0.0210. The first kappa shape index (κ1) is 20.5. The quantitative estimate of drug-likeness (QED) is 0.577. The third-order valence-corrected chi connectivity index (χ3v) is 4.84. The lowest BCUT2D eigenvalue weighted by Gasteiger charge is -2.22. The molecule has 6 heteroatoms. The van der Waals surface area contributed by atoms with Crippen molar-refractivity contribution in [3.05, 3.63) is 60.3 Å². The van der Waals surface area contributed by atoms with Crippen molar-refractivity contribution in [2.24, 2.45) is 0 Å². The number of methoxy groups -OCH3 is 1. The van der Waals surface area contributed by atoms with Crippen LogP contribution in [-0.2, 0) is 16.0 Å². The summed E-state index contributed by atoms with van der Waals surface area (Å²) in [6.45, 7) is 2.57. The first-order chi connectivity index (χ1) is 14.1. The molecule has 6 nitrogen and oxygen atoms in total. The molecule has 3 aromatic rings. The minimum atomic E-state index is -0.233. The van der Waals surface area contributed by atoms with Crippen LogP contribution in [0.5, 0.6) is 5.75 Å². The number of benzene rings is 2. The van der Waals surface area contributed by atoms with E-state index < -0.39 is 0 Å². The van der Waals surface area contributed by atoms with Gasteiger partial charge in [0.1, 0.15) is 5.75 Å². The number of aryl methyl sites for hydroxylation is 1. The van der Waals surface area contributed by atoms with E-state index in [0.717, 1.165) is 22.9 Å². The Morgan fingerprint density at radius 1 is 1.10 bits per heavy atom. The van der Waals surface area contributed by atoms with Gasteiger partial charge in [-0.25, -0.2) is 0 Å². The molecule has 0 spiro atoms. The van der Waals surface area contributed by atoms with Crippen molar-refractivity contribution in [2.75, 3.05) is 25.5 Å². The van der Waals surface area contributed by atoms with Crippen LogP contribution in [0.4, 0.5) is 5.69 Å².